The summed E-state index contributed by atoms with van der Waals surface area (Å²) in [6.45, 7) is 5.00. The van der Waals surface area contributed by atoms with Crippen LogP contribution in [0.3, 0.4) is 0 Å². The third-order valence-corrected chi connectivity index (χ3v) is 1.88. The van der Waals surface area contributed by atoms with Crippen molar-refractivity contribution in [2.45, 2.75) is 26.3 Å². The molecular weight excluding hydrogens is 170 g/mol. The van der Waals surface area contributed by atoms with Crippen LogP contribution in [0.2, 0.25) is 0 Å². The molecule has 4 N–H and O–H groups in total. The summed E-state index contributed by atoms with van der Waals surface area (Å²) in [6, 6.07) is -0.868. The Bertz CT molecular complexity index is 190. The van der Waals surface area contributed by atoms with Crippen molar-refractivity contribution in [2.24, 2.45) is 11.5 Å². The fourth-order valence-corrected chi connectivity index (χ4v) is 0.994. The Morgan fingerprint density at radius 2 is 1.77 bits per heavy atom. The number of amides is 2. The normalized spacial score (nSPS) is 12.2. The van der Waals surface area contributed by atoms with E-state index in [1.165, 1.54) is 0 Å². The van der Waals surface area contributed by atoms with Gasteiger partial charge in [0.1, 0.15) is 0 Å². The average molecular weight is 187 g/mol. The number of nitrogens with two attached hydrogens (primary N) is 2. The first-order valence-corrected chi connectivity index (χ1v) is 4.35. The predicted octanol–water partition coefficient (Wildman–Crippen LogP) is -0.942. The van der Waals surface area contributed by atoms with Gasteiger partial charge in [0.15, 0.2) is 0 Å². The summed E-state index contributed by atoms with van der Waals surface area (Å²) in [4.78, 5) is 23.5. The zero-order valence-electron chi connectivity index (χ0n) is 8.12. The molecule has 0 aliphatic heterocycles. The van der Waals surface area contributed by atoms with Gasteiger partial charge in [-0.2, -0.15) is 0 Å². The highest BCUT2D eigenvalue weighted by Crippen LogP contribution is 1.96. The minimum absolute atomic E-state index is 0.00296. The molecule has 0 rings (SSSR count). The van der Waals surface area contributed by atoms with E-state index in [0.29, 0.717) is 13.1 Å². The molecule has 5 nitrogen and oxygen atoms in total. The number of hydrogen-bond acceptors (Lipinski definition) is 3. The van der Waals surface area contributed by atoms with E-state index in [1.54, 1.807) is 4.90 Å². The van der Waals surface area contributed by atoms with Gasteiger partial charge in [-0.1, -0.05) is 0 Å². The Morgan fingerprint density at radius 3 is 2.08 bits per heavy atom. The number of primary amides is 1. The summed E-state index contributed by atoms with van der Waals surface area (Å²) in [6.07, 6.45) is -0.00296. The third kappa shape index (κ3) is 3.89. The van der Waals surface area contributed by atoms with Gasteiger partial charge in [-0.3, -0.25) is 9.59 Å². The summed E-state index contributed by atoms with van der Waals surface area (Å²) in [7, 11) is 0. The third-order valence-electron chi connectivity index (χ3n) is 1.88. The molecule has 5 heteroatoms. The minimum Gasteiger partial charge on any atom is -0.368 e. The second-order valence-electron chi connectivity index (χ2n) is 2.78. The molecule has 0 aliphatic carbocycles. The van der Waals surface area contributed by atoms with E-state index in [4.69, 9.17) is 11.5 Å². The Labute approximate surface area is 78.1 Å². The van der Waals surface area contributed by atoms with Gasteiger partial charge in [-0.05, 0) is 13.8 Å². The van der Waals surface area contributed by atoms with E-state index in [-0.39, 0.29) is 12.3 Å². The van der Waals surface area contributed by atoms with Crippen molar-refractivity contribution in [3.8, 4) is 0 Å². The van der Waals surface area contributed by atoms with Gasteiger partial charge >= 0.3 is 0 Å². The highest BCUT2D eigenvalue weighted by molar-refractivity contribution is 5.87. The van der Waals surface area contributed by atoms with Crippen LogP contribution in [-0.2, 0) is 9.59 Å². The van der Waals surface area contributed by atoms with Crippen molar-refractivity contribution < 1.29 is 9.59 Å². The van der Waals surface area contributed by atoms with Gasteiger partial charge in [0.25, 0.3) is 0 Å². The molecule has 0 saturated heterocycles. The molecule has 2 amide bonds. The SMILES string of the molecule is CCN(CC)C(=O)CC(N)C(N)=O. The average Bonchev–Trinajstić information content (AvgIpc) is 2.06. The molecule has 0 saturated carbocycles. The first-order chi connectivity index (χ1) is 6.02. The van der Waals surface area contributed by atoms with Gasteiger partial charge in [-0.25, -0.2) is 0 Å². The van der Waals surface area contributed by atoms with Gasteiger partial charge in [0.05, 0.1) is 12.5 Å². The topological polar surface area (TPSA) is 89.4 Å². The van der Waals surface area contributed by atoms with Crippen LogP contribution in [-0.4, -0.2) is 35.8 Å². The maximum atomic E-state index is 11.4. The van der Waals surface area contributed by atoms with Crippen LogP contribution in [0.15, 0.2) is 0 Å². The predicted molar refractivity (Wildman–Crippen MR) is 49.7 cm³/mol. The molecule has 1 unspecified atom stereocenters. The molecule has 0 fully saturated rings. The smallest absolute Gasteiger partial charge is 0.234 e. The van der Waals surface area contributed by atoms with E-state index >= 15 is 0 Å². The number of carbonyl (C=O) groups excluding carboxylic acids is 2. The zero-order valence-corrected chi connectivity index (χ0v) is 8.12. The molecule has 0 radical (unpaired) electrons. The fourth-order valence-electron chi connectivity index (χ4n) is 0.994. The van der Waals surface area contributed by atoms with Crippen LogP contribution in [0, 0.1) is 0 Å². The van der Waals surface area contributed by atoms with E-state index in [2.05, 4.69) is 0 Å². The highest BCUT2D eigenvalue weighted by atomic mass is 16.2. The van der Waals surface area contributed by atoms with E-state index in [9.17, 15) is 9.59 Å². The maximum Gasteiger partial charge on any atom is 0.234 e. The van der Waals surface area contributed by atoms with Gasteiger partial charge in [0.2, 0.25) is 11.8 Å². The number of hydrogen-bond donors (Lipinski definition) is 2. The van der Waals surface area contributed by atoms with E-state index < -0.39 is 11.9 Å². The van der Waals surface area contributed by atoms with Crippen molar-refractivity contribution in [3.63, 3.8) is 0 Å². The second kappa shape index (κ2) is 5.53. The van der Waals surface area contributed by atoms with Crippen LogP contribution in [0.4, 0.5) is 0 Å². The molecule has 0 aromatic carbocycles. The molecule has 0 aliphatic rings. The largest absolute Gasteiger partial charge is 0.368 e. The van der Waals surface area contributed by atoms with Crippen molar-refractivity contribution in [3.05, 3.63) is 0 Å². The first-order valence-electron chi connectivity index (χ1n) is 4.35. The van der Waals surface area contributed by atoms with Crippen LogP contribution < -0.4 is 11.5 Å². The Hall–Kier alpha value is -1.10. The lowest BCUT2D eigenvalue weighted by molar-refractivity contribution is -0.133. The molecule has 0 aromatic rings. The lowest BCUT2D eigenvalue weighted by Crippen LogP contribution is -2.42. The molecule has 0 bridgehead atoms. The monoisotopic (exact) mass is 187 g/mol. The summed E-state index contributed by atoms with van der Waals surface area (Å²) in [5, 5.41) is 0. The van der Waals surface area contributed by atoms with Crippen LogP contribution in [0.25, 0.3) is 0 Å². The van der Waals surface area contributed by atoms with Crippen molar-refractivity contribution >= 4 is 11.8 Å². The number of nitrogens with zero attached hydrogens (tertiary/aromatic N) is 1. The molecule has 13 heavy (non-hydrogen) atoms. The van der Waals surface area contributed by atoms with E-state index in [1.807, 2.05) is 13.8 Å². The number of rotatable bonds is 5. The summed E-state index contributed by atoms with van der Waals surface area (Å²) < 4.78 is 0. The Morgan fingerprint density at radius 1 is 1.31 bits per heavy atom. The van der Waals surface area contributed by atoms with Crippen LogP contribution in [0.1, 0.15) is 20.3 Å². The minimum atomic E-state index is -0.868. The quantitative estimate of drug-likeness (QED) is 0.582. The Balaban J connectivity index is 4.05. The van der Waals surface area contributed by atoms with Crippen molar-refractivity contribution in [1.29, 1.82) is 0 Å². The summed E-state index contributed by atoms with van der Waals surface area (Å²) in [5.74, 6) is -0.767. The molecule has 0 heterocycles. The fraction of sp³-hybridized carbons (Fsp3) is 0.750. The standard InChI is InChI=1S/C8H17N3O2/c1-3-11(4-2)7(12)5-6(9)8(10)13/h6H,3-5,9H2,1-2H3,(H2,10,13). The van der Waals surface area contributed by atoms with E-state index in [0.717, 1.165) is 0 Å². The second-order valence-corrected chi connectivity index (χ2v) is 2.78. The molecular formula is C8H17N3O2. The molecule has 76 valence electrons. The molecule has 0 spiro atoms. The van der Waals surface area contributed by atoms with Gasteiger partial charge in [-0.15, -0.1) is 0 Å². The zero-order chi connectivity index (χ0) is 10.4. The number of carbonyl (C=O) groups is 2. The summed E-state index contributed by atoms with van der Waals surface area (Å²) in [5.41, 5.74) is 10.3. The van der Waals surface area contributed by atoms with Crippen LogP contribution in [0.5, 0.6) is 0 Å². The first kappa shape index (κ1) is 11.9. The molecule has 0 aromatic heterocycles. The van der Waals surface area contributed by atoms with Gasteiger partial charge in [0, 0.05) is 13.1 Å². The van der Waals surface area contributed by atoms with Crippen molar-refractivity contribution in [2.75, 3.05) is 13.1 Å². The highest BCUT2D eigenvalue weighted by Gasteiger charge is 2.17. The van der Waals surface area contributed by atoms with Gasteiger partial charge < -0.3 is 16.4 Å². The molecule has 1 atom stereocenters. The lowest BCUT2D eigenvalue weighted by atomic mass is 10.2. The lowest BCUT2D eigenvalue weighted by Gasteiger charge is -2.19. The van der Waals surface area contributed by atoms with Crippen molar-refractivity contribution in [1.82, 2.24) is 4.90 Å². The summed E-state index contributed by atoms with van der Waals surface area (Å²) >= 11 is 0. The maximum absolute atomic E-state index is 11.4. The Kier molecular flexibility index (Phi) is 5.06. The van der Waals surface area contributed by atoms with Crippen LogP contribution >= 0.6 is 0 Å².